The molecule has 0 aliphatic heterocycles. The molecule has 1 aliphatic rings. The van der Waals surface area contributed by atoms with Gasteiger partial charge in [-0.15, -0.1) is 0 Å². The van der Waals surface area contributed by atoms with Crippen LogP contribution in [0.3, 0.4) is 0 Å². The summed E-state index contributed by atoms with van der Waals surface area (Å²) in [5.74, 6) is 3.07. The summed E-state index contributed by atoms with van der Waals surface area (Å²) in [6.07, 6.45) is 5.34. The van der Waals surface area contributed by atoms with Gasteiger partial charge in [0.05, 0.1) is 6.26 Å². The molecule has 2 rings (SSSR count). The second-order valence-electron chi connectivity index (χ2n) is 5.10. The van der Waals surface area contributed by atoms with Gasteiger partial charge in [-0.3, -0.25) is 0 Å². The first kappa shape index (κ1) is 10.7. The number of nitrogens with two attached hydrogens (primary N) is 1. The summed E-state index contributed by atoms with van der Waals surface area (Å²) in [5, 5.41) is 0. The van der Waals surface area contributed by atoms with Gasteiger partial charge in [0.1, 0.15) is 5.76 Å². The second kappa shape index (κ2) is 4.40. The van der Waals surface area contributed by atoms with E-state index in [9.17, 15) is 0 Å². The molecule has 2 N–H and O–H groups in total. The van der Waals surface area contributed by atoms with Crippen LogP contribution in [0.4, 0.5) is 0 Å². The Kier molecular flexibility index (Phi) is 3.15. The van der Waals surface area contributed by atoms with E-state index in [4.69, 9.17) is 10.2 Å². The average Bonchev–Trinajstić information content (AvgIpc) is 2.71. The van der Waals surface area contributed by atoms with Crippen molar-refractivity contribution < 1.29 is 4.42 Å². The number of rotatable bonds is 2. The molecule has 0 radical (unpaired) electrons. The number of hydrogen-bond acceptors (Lipinski definition) is 2. The van der Waals surface area contributed by atoms with E-state index in [0.717, 1.165) is 24.0 Å². The Labute approximate surface area is 91.8 Å². The molecule has 0 saturated heterocycles. The van der Waals surface area contributed by atoms with Crippen LogP contribution in [0.2, 0.25) is 0 Å². The van der Waals surface area contributed by atoms with Crippen molar-refractivity contribution in [3.8, 4) is 0 Å². The molecular formula is C13H21NO. The standard InChI is InChI=1S/C13H21NO/c1-9(2)10-5-6-12(14)11(8-10)13-4-3-7-15-13/h3-4,7,9-12H,5-6,8,14H2,1-2H3. The molecule has 1 aromatic heterocycles. The molecule has 1 fully saturated rings. The molecule has 0 bridgehead atoms. The van der Waals surface area contributed by atoms with Crippen molar-refractivity contribution in [1.29, 1.82) is 0 Å². The lowest BCUT2D eigenvalue weighted by Gasteiger charge is -2.34. The molecule has 3 unspecified atom stereocenters. The van der Waals surface area contributed by atoms with Crippen molar-refractivity contribution >= 4 is 0 Å². The van der Waals surface area contributed by atoms with E-state index in [1.165, 1.54) is 12.8 Å². The van der Waals surface area contributed by atoms with Crippen LogP contribution in [-0.4, -0.2) is 6.04 Å². The molecule has 2 heteroatoms. The Morgan fingerprint density at radius 1 is 1.40 bits per heavy atom. The molecule has 1 heterocycles. The molecule has 0 amide bonds. The van der Waals surface area contributed by atoms with E-state index < -0.39 is 0 Å². The van der Waals surface area contributed by atoms with E-state index in [1.807, 2.05) is 6.07 Å². The zero-order valence-corrected chi connectivity index (χ0v) is 9.65. The molecule has 2 nitrogen and oxygen atoms in total. The summed E-state index contributed by atoms with van der Waals surface area (Å²) < 4.78 is 5.49. The first-order valence-electron chi connectivity index (χ1n) is 5.97. The van der Waals surface area contributed by atoms with Gasteiger partial charge >= 0.3 is 0 Å². The summed E-state index contributed by atoms with van der Waals surface area (Å²) in [5.41, 5.74) is 6.17. The lowest BCUT2D eigenvalue weighted by molar-refractivity contribution is 0.216. The quantitative estimate of drug-likeness (QED) is 0.809. The van der Waals surface area contributed by atoms with Crippen LogP contribution in [0.5, 0.6) is 0 Å². The van der Waals surface area contributed by atoms with Crippen molar-refractivity contribution in [2.75, 3.05) is 0 Å². The Morgan fingerprint density at radius 2 is 2.20 bits per heavy atom. The minimum absolute atomic E-state index is 0.283. The molecule has 3 atom stereocenters. The minimum atomic E-state index is 0.283. The predicted molar refractivity (Wildman–Crippen MR) is 61.6 cm³/mol. The summed E-state index contributed by atoms with van der Waals surface area (Å²) in [4.78, 5) is 0. The van der Waals surface area contributed by atoms with E-state index in [0.29, 0.717) is 5.92 Å². The average molecular weight is 207 g/mol. The molecule has 1 aromatic rings. The van der Waals surface area contributed by atoms with Crippen LogP contribution >= 0.6 is 0 Å². The molecule has 1 aliphatic carbocycles. The largest absolute Gasteiger partial charge is 0.469 e. The first-order valence-corrected chi connectivity index (χ1v) is 5.97. The topological polar surface area (TPSA) is 39.2 Å². The molecular weight excluding hydrogens is 186 g/mol. The lowest BCUT2D eigenvalue weighted by Crippen LogP contribution is -2.35. The smallest absolute Gasteiger partial charge is 0.108 e. The highest BCUT2D eigenvalue weighted by atomic mass is 16.3. The molecule has 0 aromatic carbocycles. The number of hydrogen-bond donors (Lipinski definition) is 1. The normalized spacial score (nSPS) is 32.1. The predicted octanol–water partition coefficient (Wildman–Crippen LogP) is 3.15. The highest BCUT2D eigenvalue weighted by Gasteiger charge is 2.32. The van der Waals surface area contributed by atoms with Gasteiger partial charge in [-0.05, 0) is 43.2 Å². The third kappa shape index (κ3) is 2.25. The number of furan rings is 1. The van der Waals surface area contributed by atoms with Gasteiger partial charge in [-0.1, -0.05) is 13.8 Å². The van der Waals surface area contributed by atoms with Crippen LogP contribution in [0.15, 0.2) is 22.8 Å². The van der Waals surface area contributed by atoms with E-state index >= 15 is 0 Å². The Morgan fingerprint density at radius 3 is 2.80 bits per heavy atom. The Balaban J connectivity index is 2.09. The summed E-state index contributed by atoms with van der Waals surface area (Å²) in [7, 11) is 0. The van der Waals surface area contributed by atoms with Gasteiger partial charge < -0.3 is 10.2 Å². The zero-order chi connectivity index (χ0) is 10.8. The third-order valence-electron chi connectivity index (χ3n) is 3.80. The SMILES string of the molecule is CC(C)C1CCC(N)C(c2ccco2)C1. The van der Waals surface area contributed by atoms with Crippen LogP contribution in [0.25, 0.3) is 0 Å². The van der Waals surface area contributed by atoms with Gasteiger partial charge in [0.2, 0.25) is 0 Å². The van der Waals surface area contributed by atoms with Crippen molar-refractivity contribution in [2.24, 2.45) is 17.6 Å². The maximum atomic E-state index is 6.17. The van der Waals surface area contributed by atoms with Gasteiger partial charge in [-0.2, -0.15) is 0 Å². The summed E-state index contributed by atoms with van der Waals surface area (Å²) in [6.45, 7) is 4.61. The van der Waals surface area contributed by atoms with E-state index in [-0.39, 0.29) is 6.04 Å². The molecule has 15 heavy (non-hydrogen) atoms. The van der Waals surface area contributed by atoms with Crippen LogP contribution in [0.1, 0.15) is 44.8 Å². The van der Waals surface area contributed by atoms with Crippen LogP contribution in [-0.2, 0) is 0 Å². The Bertz CT molecular complexity index is 291. The molecule has 84 valence electrons. The fraction of sp³-hybridized carbons (Fsp3) is 0.692. The summed E-state index contributed by atoms with van der Waals surface area (Å²) in [6, 6.07) is 4.31. The zero-order valence-electron chi connectivity index (χ0n) is 9.65. The second-order valence-corrected chi connectivity index (χ2v) is 5.10. The highest BCUT2D eigenvalue weighted by Crippen LogP contribution is 2.38. The maximum Gasteiger partial charge on any atom is 0.108 e. The maximum absolute atomic E-state index is 6.17. The fourth-order valence-corrected chi connectivity index (χ4v) is 2.66. The van der Waals surface area contributed by atoms with E-state index in [1.54, 1.807) is 6.26 Å². The van der Waals surface area contributed by atoms with Crippen LogP contribution in [0, 0.1) is 11.8 Å². The van der Waals surface area contributed by atoms with Crippen molar-refractivity contribution in [2.45, 2.75) is 45.1 Å². The lowest BCUT2D eigenvalue weighted by atomic mass is 9.73. The molecule has 1 saturated carbocycles. The summed E-state index contributed by atoms with van der Waals surface area (Å²) >= 11 is 0. The van der Waals surface area contributed by atoms with Crippen molar-refractivity contribution in [1.82, 2.24) is 0 Å². The van der Waals surface area contributed by atoms with Gasteiger partial charge in [0.25, 0.3) is 0 Å². The van der Waals surface area contributed by atoms with Crippen molar-refractivity contribution in [3.63, 3.8) is 0 Å². The first-order chi connectivity index (χ1) is 7.18. The van der Waals surface area contributed by atoms with Gasteiger partial charge in [-0.25, -0.2) is 0 Å². The fourth-order valence-electron chi connectivity index (χ4n) is 2.66. The van der Waals surface area contributed by atoms with E-state index in [2.05, 4.69) is 19.9 Å². The Hall–Kier alpha value is -0.760. The third-order valence-corrected chi connectivity index (χ3v) is 3.80. The highest BCUT2D eigenvalue weighted by molar-refractivity contribution is 5.10. The minimum Gasteiger partial charge on any atom is -0.469 e. The molecule has 0 spiro atoms. The van der Waals surface area contributed by atoms with Gasteiger partial charge in [0.15, 0.2) is 0 Å². The van der Waals surface area contributed by atoms with Crippen LogP contribution < -0.4 is 5.73 Å². The van der Waals surface area contributed by atoms with Gasteiger partial charge in [0, 0.05) is 12.0 Å². The van der Waals surface area contributed by atoms with Crippen molar-refractivity contribution in [3.05, 3.63) is 24.2 Å². The monoisotopic (exact) mass is 207 g/mol.